The van der Waals surface area contributed by atoms with E-state index in [0.29, 0.717) is 5.92 Å². The van der Waals surface area contributed by atoms with Crippen molar-refractivity contribution < 1.29 is 5.11 Å². The van der Waals surface area contributed by atoms with Gasteiger partial charge in [-0.25, -0.2) is 0 Å². The van der Waals surface area contributed by atoms with Gasteiger partial charge in [0.25, 0.3) is 0 Å². The lowest BCUT2D eigenvalue weighted by Gasteiger charge is -2.24. The summed E-state index contributed by atoms with van der Waals surface area (Å²) in [6.45, 7) is 4.49. The molecule has 0 aliphatic heterocycles. The predicted molar refractivity (Wildman–Crippen MR) is 80.0 cm³/mol. The van der Waals surface area contributed by atoms with E-state index < -0.39 is 0 Å². The number of hydrogen-bond donors (Lipinski definition) is 2. The molecular formula is C17H21NO. The average molecular weight is 255 g/mol. The monoisotopic (exact) mass is 255 g/mol. The molecule has 0 spiro atoms. The number of hydrogen-bond acceptors (Lipinski definition) is 2. The van der Waals surface area contributed by atoms with Gasteiger partial charge in [0.05, 0.1) is 12.6 Å². The van der Waals surface area contributed by atoms with Crippen LogP contribution >= 0.6 is 0 Å². The fourth-order valence-electron chi connectivity index (χ4n) is 2.23. The van der Waals surface area contributed by atoms with E-state index in [1.165, 1.54) is 5.56 Å². The molecule has 0 bridgehead atoms. The average Bonchev–Trinajstić information content (AvgIpc) is 2.45. The molecule has 0 amide bonds. The Hall–Kier alpha value is -1.80. The van der Waals surface area contributed by atoms with Gasteiger partial charge in [-0.15, -0.1) is 0 Å². The summed E-state index contributed by atoms with van der Waals surface area (Å²) >= 11 is 0. The quantitative estimate of drug-likeness (QED) is 0.846. The topological polar surface area (TPSA) is 32.3 Å². The van der Waals surface area contributed by atoms with E-state index in [-0.39, 0.29) is 12.6 Å². The van der Waals surface area contributed by atoms with Crippen LogP contribution in [0.3, 0.4) is 0 Å². The Kier molecular flexibility index (Phi) is 4.58. The van der Waals surface area contributed by atoms with Crippen molar-refractivity contribution in [2.75, 3.05) is 5.32 Å². The molecule has 2 nitrogen and oxygen atoms in total. The second-order valence-electron chi connectivity index (χ2n) is 5.14. The van der Waals surface area contributed by atoms with E-state index >= 15 is 0 Å². The van der Waals surface area contributed by atoms with Crippen molar-refractivity contribution in [3.8, 4) is 0 Å². The van der Waals surface area contributed by atoms with E-state index in [0.717, 1.165) is 11.3 Å². The van der Waals surface area contributed by atoms with Gasteiger partial charge in [-0.05, 0) is 29.2 Å². The van der Waals surface area contributed by atoms with Crippen molar-refractivity contribution in [2.45, 2.75) is 26.5 Å². The summed E-state index contributed by atoms with van der Waals surface area (Å²) < 4.78 is 0. The summed E-state index contributed by atoms with van der Waals surface area (Å²) in [6.07, 6.45) is 0. The molecule has 2 rings (SSSR count). The highest BCUT2D eigenvalue weighted by molar-refractivity contribution is 5.48. The zero-order valence-corrected chi connectivity index (χ0v) is 11.5. The first-order chi connectivity index (χ1) is 9.20. The first-order valence-electron chi connectivity index (χ1n) is 6.72. The molecule has 0 aliphatic carbocycles. The molecule has 1 atom stereocenters. The Bertz CT molecular complexity index is 508. The summed E-state index contributed by atoms with van der Waals surface area (Å²) in [7, 11) is 0. The van der Waals surface area contributed by atoms with Crippen LogP contribution in [0.2, 0.25) is 0 Å². The van der Waals surface area contributed by atoms with Crippen LogP contribution in [0.5, 0.6) is 0 Å². The van der Waals surface area contributed by atoms with Crippen LogP contribution in [-0.4, -0.2) is 5.11 Å². The summed E-state index contributed by atoms with van der Waals surface area (Å²) in [5, 5.41) is 12.8. The van der Waals surface area contributed by atoms with Crippen molar-refractivity contribution >= 4 is 5.69 Å². The number of anilines is 1. The van der Waals surface area contributed by atoms with Crippen LogP contribution in [0, 0.1) is 5.92 Å². The van der Waals surface area contributed by atoms with E-state index in [1.807, 2.05) is 30.3 Å². The Labute approximate surface area is 115 Å². The lowest BCUT2D eigenvalue weighted by molar-refractivity contribution is 0.282. The summed E-state index contributed by atoms with van der Waals surface area (Å²) in [5.74, 6) is 0.486. The zero-order chi connectivity index (χ0) is 13.7. The van der Waals surface area contributed by atoms with Gasteiger partial charge in [0.2, 0.25) is 0 Å². The minimum absolute atomic E-state index is 0.0766. The highest BCUT2D eigenvalue weighted by atomic mass is 16.3. The maximum Gasteiger partial charge on any atom is 0.0682 e. The molecule has 0 aromatic heterocycles. The third kappa shape index (κ3) is 3.58. The Balaban J connectivity index is 2.21. The summed E-state index contributed by atoms with van der Waals surface area (Å²) in [6, 6.07) is 18.7. The van der Waals surface area contributed by atoms with Gasteiger partial charge in [-0.1, -0.05) is 56.3 Å². The molecule has 2 N–H and O–H groups in total. The van der Waals surface area contributed by atoms with Crippen LogP contribution in [0.4, 0.5) is 5.69 Å². The van der Waals surface area contributed by atoms with Crippen molar-refractivity contribution in [1.82, 2.24) is 0 Å². The third-order valence-corrected chi connectivity index (χ3v) is 3.26. The first kappa shape index (κ1) is 13.6. The number of benzene rings is 2. The molecule has 1 unspecified atom stereocenters. The van der Waals surface area contributed by atoms with Crippen molar-refractivity contribution in [1.29, 1.82) is 0 Å². The molecule has 2 aromatic rings. The lowest BCUT2D eigenvalue weighted by atomic mass is 9.95. The fraction of sp³-hybridized carbons (Fsp3) is 0.294. The highest BCUT2D eigenvalue weighted by Crippen LogP contribution is 2.26. The summed E-state index contributed by atoms with van der Waals surface area (Å²) in [4.78, 5) is 0. The van der Waals surface area contributed by atoms with Gasteiger partial charge in [-0.2, -0.15) is 0 Å². The van der Waals surface area contributed by atoms with Crippen molar-refractivity contribution in [3.63, 3.8) is 0 Å². The highest BCUT2D eigenvalue weighted by Gasteiger charge is 2.15. The van der Waals surface area contributed by atoms with Gasteiger partial charge in [0.1, 0.15) is 0 Å². The van der Waals surface area contributed by atoms with E-state index in [9.17, 15) is 5.11 Å². The van der Waals surface area contributed by atoms with Gasteiger partial charge in [0, 0.05) is 5.69 Å². The van der Waals surface area contributed by atoms with Crippen LogP contribution < -0.4 is 5.32 Å². The fourth-order valence-corrected chi connectivity index (χ4v) is 2.23. The summed E-state index contributed by atoms with van der Waals surface area (Å²) in [5.41, 5.74) is 3.27. The normalized spacial score (nSPS) is 12.4. The van der Waals surface area contributed by atoms with Crippen molar-refractivity contribution in [2.24, 2.45) is 5.92 Å². The third-order valence-electron chi connectivity index (χ3n) is 3.26. The van der Waals surface area contributed by atoms with Gasteiger partial charge >= 0.3 is 0 Å². The zero-order valence-electron chi connectivity index (χ0n) is 11.5. The minimum Gasteiger partial charge on any atom is -0.392 e. The number of rotatable bonds is 5. The van der Waals surface area contributed by atoms with Crippen molar-refractivity contribution in [3.05, 3.63) is 65.7 Å². The SMILES string of the molecule is CC(C)C(Nc1cccc(CO)c1)c1ccccc1. The molecular weight excluding hydrogens is 234 g/mol. The molecule has 100 valence electrons. The standard InChI is InChI=1S/C17H21NO/c1-13(2)17(15-8-4-3-5-9-15)18-16-10-6-7-14(11-16)12-19/h3-11,13,17-19H,12H2,1-2H3. The number of aliphatic hydroxyl groups is 1. The van der Waals surface area contributed by atoms with E-state index in [4.69, 9.17) is 0 Å². The largest absolute Gasteiger partial charge is 0.392 e. The Morgan fingerprint density at radius 2 is 1.74 bits per heavy atom. The predicted octanol–water partition coefficient (Wildman–Crippen LogP) is 3.99. The van der Waals surface area contributed by atoms with Crippen LogP contribution in [0.1, 0.15) is 31.0 Å². The molecule has 0 saturated heterocycles. The van der Waals surface area contributed by atoms with Gasteiger partial charge < -0.3 is 10.4 Å². The number of aliphatic hydroxyl groups excluding tert-OH is 1. The molecule has 0 radical (unpaired) electrons. The van der Waals surface area contributed by atoms with E-state index in [1.54, 1.807) is 0 Å². The maximum absolute atomic E-state index is 9.19. The first-order valence-corrected chi connectivity index (χ1v) is 6.72. The van der Waals surface area contributed by atoms with Crippen LogP contribution in [0.25, 0.3) is 0 Å². The molecule has 0 heterocycles. The molecule has 2 heteroatoms. The van der Waals surface area contributed by atoms with Crippen LogP contribution in [0.15, 0.2) is 54.6 Å². The van der Waals surface area contributed by atoms with Gasteiger partial charge in [-0.3, -0.25) is 0 Å². The molecule has 2 aromatic carbocycles. The molecule has 0 saturated carbocycles. The lowest BCUT2D eigenvalue weighted by Crippen LogP contribution is -2.16. The van der Waals surface area contributed by atoms with E-state index in [2.05, 4.69) is 43.4 Å². The van der Waals surface area contributed by atoms with Gasteiger partial charge in [0.15, 0.2) is 0 Å². The molecule has 19 heavy (non-hydrogen) atoms. The number of nitrogens with one attached hydrogen (secondary N) is 1. The molecule has 0 aliphatic rings. The minimum atomic E-state index is 0.0766. The second-order valence-corrected chi connectivity index (χ2v) is 5.14. The Morgan fingerprint density at radius 3 is 2.37 bits per heavy atom. The smallest absolute Gasteiger partial charge is 0.0682 e. The van der Waals surface area contributed by atoms with Crippen LogP contribution in [-0.2, 0) is 6.61 Å². The maximum atomic E-state index is 9.19. The second kappa shape index (κ2) is 6.39. The molecule has 0 fully saturated rings. The Morgan fingerprint density at radius 1 is 1.00 bits per heavy atom.